The lowest BCUT2D eigenvalue weighted by Gasteiger charge is -2.33. The summed E-state index contributed by atoms with van der Waals surface area (Å²) < 4.78 is 0. The monoisotopic (exact) mass is 195 g/mol. The molecule has 0 bridgehead atoms. The van der Waals surface area contributed by atoms with Crippen molar-refractivity contribution in [3.63, 3.8) is 0 Å². The van der Waals surface area contributed by atoms with Crippen molar-refractivity contribution in [3.05, 3.63) is 0 Å². The van der Waals surface area contributed by atoms with E-state index in [0.717, 1.165) is 11.8 Å². The summed E-state index contributed by atoms with van der Waals surface area (Å²) in [6.45, 7) is 2.37. The third-order valence-corrected chi connectivity index (χ3v) is 4.50. The van der Waals surface area contributed by atoms with Gasteiger partial charge in [0.05, 0.1) is 0 Å². The molecule has 0 aliphatic heterocycles. The van der Waals surface area contributed by atoms with Crippen LogP contribution in [0.2, 0.25) is 0 Å². The number of rotatable bonds is 1. The largest absolute Gasteiger partial charge is 0.325 e. The Morgan fingerprint density at radius 1 is 1.00 bits per heavy atom. The topological polar surface area (TPSA) is 26.0 Å². The average molecular weight is 195 g/mol. The Bertz CT molecular complexity index is 182. The number of hydrogen-bond acceptors (Lipinski definition) is 1. The van der Waals surface area contributed by atoms with Crippen LogP contribution < -0.4 is 5.73 Å². The zero-order valence-electron chi connectivity index (χ0n) is 9.60. The van der Waals surface area contributed by atoms with Crippen LogP contribution in [0.4, 0.5) is 0 Å². The summed E-state index contributed by atoms with van der Waals surface area (Å²) in [6.07, 6.45) is 12.5. The molecular weight excluding hydrogens is 170 g/mol. The van der Waals surface area contributed by atoms with Gasteiger partial charge in [-0.25, -0.2) is 0 Å². The summed E-state index contributed by atoms with van der Waals surface area (Å²) in [7, 11) is 0. The van der Waals surface area contributed by atoms with E-state index in [2.05, 4.69) is 6.92 Å². The standard InChI is InChI=1S/C13H25N/c1-11-8-9-13(14,10-11)12-6-4-2-3-5-7-12/h11-12H,2-10,14H2,1H3. The van der Waals surface area contributed by atoms with Crippen molar-refractivity contribution in [3.8, 4) is 0 Å². The van der Waals surface area contributed by atoms with Crippen LogP contribution >= 0.6 is 0 Å². The molecule has 2 N–H and O–H groups in total. The van der Waals surface area contributed by atoms with E-state index in [1.807, 2.05) is 0 Å². The molecule has 0 heterocycles. The van der Waals surface area contributed by atoms with Gasteiger partial charge in [0.2, 0.25) is 0 Å². The molecule has 2 fully saturated rings. The Balaban J connectivity index is 1.97. The van der Waals surface area contributed by atoms with Crippen LogP contribution in [0, 0.1) is 11.8 Å². The Kier molecular flexibility index (Phi) is 3.16. The van der Waals surface area contributed by atoms with Gasteiger partial charge in [0.15, 0.2) is 0 Å². The van der Waals surface area contributed by atoms with Gasteiger partial charge in [0, 0.05) is 5.54 Å². The molecule has 2 rings (SSSR count). The van der Waals surface area contributed by atoms with E-state index in [1.54, 1.807) is 0 Å². The van der Waals surface area contributed by atoms with Gasteiger partial charge in [-0.2, -0.15) is 0 Å². The zero-order valence-corrected chi connectivity index (χ0v) is 9.60. The maximum absolute atomic E-state index is 6.59. The second-order valence-corrected chi connectivity index (χ2v) is 5.77. The van der Waals surface area contributed by atoms with Crippen molar-refractivity contribution in [1.82, 2.24) is 0 Å². The molecule has 82 valence electrons. The molecule has 2 unspecified atom stereocenters. The Morgan fingerprint density at radius 3 is 2.14 bits per heavy atom. The van der Waals surface area contributed by atoms with Crippen molar-refractivity contribution in [2.24, 2.45) is 17.6 Å². The average Bonchev–Trinajstić information content (AvgIpc) is 2.45. The molecular formula is C13H25N. The van der Waals surface area contributed by atoms with Crippen LogP contribution in [0.25, 0.3) is 0 Å². The molecule has 0 aromatic heterocycles. The van der Waals surface area contributed by atoms with Gasteiger partial charge in [-0.3, -0.25) is 0 Å². The molecule has 0 amide bonds. The molecule has 0 aromatic rings. The molecule has 0 radical (unpaired) electrons. The highest BCUT2D eigenvalue weighted by Gasteiger charge is 2.39. The fourth-order valence-electron chi connectivity index (χ4n) is 3.59. The predicted molar refractivity (Wildman–Crippen MR) is 61.1 cm³/mol. The van der Waals surface area contributed by atoms with Gasteiger partial charge in [-0.05, 0) is 43.9 Å². The summed E-state index contributed by atoms with van der Waals surface area (Å²) >= 11 is 0. The number of nitrogens with two attached hydrogens (primary N) is 1. The first kappa shape index (κ1) is 10.5. The molecule has 0 aromatic carbocycles. The third-order valence-electron chi connectivity index (χ3n) is 4.50. The van der Waals surface area contributed by atoms with Crippen molar-refractivity contribution < 1.29 is 0 Å². The first-order chi connectivity index (χ1) is 6.71. The van der Waals surface area contributed by atoms with E-state index in [4.69, 9.17) is 5.73 Å². The van der Waals surface area contributed by atoms with Gasteiger partial charge in [-0.1, -0.05) is 32.6 Å². The summed E-state index contributed by atoms with van der Waals surface area (Å²) in [6, 6.07) is 0. The van der Waals surface area contributed by atoms with Crippen LogP contribution in [0.1, 0.15) is 64.7 Å². The van der Waals surface area contributed by atoms with E-state index >= 15 is 0 Å². The number of hydrogen-bond donors (Lipinski definition) is 1. The Labute approximate surface area is 88.4 Å². The minimum Gasteiger partial charge on any atom is -0.325 e. The first-order valence-electron chi connectivity index (χ1n) is 6.49. The minimum absolute atomic E-state index is 0.226. The lowest BCUT2D eigenvalue weighted by atomic mass is 9.78. The maximum atomic E-state index is 6.59. The van der Waals surface area contributed by atoms with Gasteiger partial charge in [-0.15, -0.1) is 0 Å². The second kappa shape index (κ2) is 4.22. The van der Waals surface area contributed by atoms with E-state index in [0.29, 0.717) is 0 Å². The van der Waals surface area contributed by atoms with Gasteiger partial charge in [0.25, 0.3) is 0 Å². The van der Waals surface area contributed by atoms with Crippen LogP contribution in [0.15, 0.2) is 0 Å². The van der Waals surface area contributed by atoms with Gasteiger partial charge in [0.1, 0.15) is 0 Å². The van der Waals surface area contributed by atoms with E-state index in [-0.39, 0.29) is 5.54 Å². The lowest BCUT2D eigenvalue weighted by Crippen LogP contribution is -2.44. The van der Waals surface area contributed by atoms with E-state index < -0.39 is 0 Å². The highest BCUT2D eigenvalue weighted by Crippen LogP contribution is 2.42. The van der Waals surface area contributed by atoms with Crippen molar-refractivity contribution in [2.75, 3.05) is 0 Å². The maximum Gasteiger partial charge on any atom is 0.0185 e. The van der Waals surface area contributed by atoms with Crippen LogP contribution in [-0.2, 0) is 0 Å². The predicted octanol–water partition coefficient (Wildman–Crippen LogP) is 3.47. The molecule has 0 spiro atoms. The molecule has 2 atom stereocenters. The Morgan fingerprint density at radius 2 is 1.64 bits per heavy atom. The zero-order chi connectivity index (χ0) is 10.0. The van der Waals surface area contributed by atoms with Crippen LogP contribution in [-0.4, -0.2) is 5.54 Å². The molecule has 1 nitrogen and oxygen atoms in total. The summed E-state index contributed by atoms with van der Waals surface area (Å²) in [5, 5.41) is 0. The fourth-order valence-corrected chi connectivity index (χ4v) is 3.59. The molecule has 0 saturated heterocycles. The molecule has 2 aliphatic rings. The second-order valence-electron chi connectivity index (χ2n) is 5.77. The molecule has 2 aliphatic carbocycles. The van der Waals surface area contributed by atoms with Crippen molar-refractivity contribution in [1.29, 1.82) is 0 Å². The van der Waals surface area contributed by atoms with Crippen molar-refractivity contribution >= 4 is 0 Å². The normalized spacial score (nSPS) is 41.1. The SMILES string of the molecule is CC1CCC(N)(C2CCCCCC2)C1. The minimum atomic E-state index is 0.226. The lowest BCUT2D eigenvalue weighted by molar-refractivity contribution is 0.242. The highest BCUT2D eigenvalue weighted by atomic mass is 14.8. The van der Waals surface area contributed by atoms with Gasteiger partial charge >= 0.3 is 0 Å². The summed E-state index contributed by atoms with van der Waals surface area (Å²) in [4.78, 5) is 0. The fraction of sp³-hybridized carbons (Fsp3) is 1.00. The van der Waals surface area contributed by atoms with Crippen molar-refractivity contribution in [2.45, 2.75) is 70.3 Å². The molecule has 1 heteroatoms. The van der Waals surface area contributed by atoms with Crippen LogP contribution in [0.3, 0.4) is 0 Å². The van der Waals surface area contributed by atoms with E-state index in [1.165, 1.54) is 57.8 Å². The van der Waals surface area contributed by atoms with E-state index in [9.17, 15) is 0 Å². The van der Waals surface area contributed by atoms with Crippen LogP contribution in [0.5, 0.6) is 0 Å². The first-order valence-corrected chi connectivity index (χ1v) is 6.49. The molecule has 14 heavy (non-hydrogen) atoms. The highest BCUT2D eigenvalue weighted by molar-refractivity contribution is 4.97. The third kappa shape index (κ3) is 2.13. The smallest absolute Gasteiger partial charge is 0.0185 e. The molecule has 2 saturated carbocycles. The summed E-state index contributed by atoms with van der Waals surface area (Å²) in [5.74, 6) is 1.72. The van der Waals surface area contributed by atoms with Gasteiger partial charge < -0.3 is 5.73 Å². The Hall–Kier alpha value is -0.0400. The summed E-state index contributed by atoms with van der Waals surface area (Å²) in [5.41, 5.74) is 6.82. The quantitative estimate of drug-likeness (QED) is 0.637.